The van der Waals surface area contributed by atoms with Crippen LogP contribution >= 0.6 is 0 Å². The van der Waals surface area contributed by atoms with Crippen molar-refractivity contribution in [1.29, 1.82) is 0 Å². The summed E-state index contributed by atoms with van der Waals surface area (Å²) in [6.07, 6.45) is 0.615. The van der Waals surface area contributed by atoms with Crippen LogP contribution in [0.2, 0.25) is 0 Å². The van der Waals surface area contributed by atoms with E-state index < -0.39 is 5.54 Å². The third-order valence-electron chi connectivity index (χ3n) is 3.26. The van der Waals surface area contributed by atoms with Crippen molar-refractivity contribution in [1.82, 2.24) is 0 Å². The Morgan fingerprint density at radius 3 is 2.20 bits per heavy atom. The molecule has 2 aromatic rings. The SMILES string of the molecule is CC(N)(CO)CCOc1ccc(-c2ccccc2)cc1. The van der Waals surface area contributed by atoms with Crippen molar-refractivity contribution in [2.75, 3.05) is 13.2 Å². The largest absolute Gasteiger partial charge is 0.494 e. The minimum Gasteiger partial charge on any atom is -0.494 e. The fourth-order valence-corrected chi connectivity index (χ4v) is 1.86. The lowest BCUT2D eigenvalue weighted by Crippen LogP contribution is -2.41. The highest BCUT2D eigenvalue weighted by atomic mass is 16.5. The van der Waals surface area contributed by atoms with Crippen molar-refractivity contribution in [2.24, 2.45) is 5.73 Å². The fraction of sp³-hybridized carbons (Fsp3) is 0.294. The second-order valence-corrected chi connectivity index (χ2v) is 5.30. The zero-order valence-corrected chi connectivity index (χ0v) is 11.8. The Morgan fingerprint density at radius 1 is 1.00 bits per heavy atom. The van der Waals surface area contributed by atoms with Crippen LogP contribution in [0.3, 0.4) is 0 Å². The van der Waals surface area contributed by atoms with E-state index >= 15 is 0 Å². The molecule has 0 radical (unpaired) electrons. The van der Waals surface area contributed by atoms with Crippen molar-refractivity contribution in [3.05, 3.63) is 54.6 Å². The maximum Gasteiger partial charge on any atom is 0.119 e. The number of benzene rings is 2. The van der Waals surface area contributed by atoms with Gasteiger partial charge >= 0.3 is 0 Å². The molecule has 3 nitrogen and oxygen atoms in total. The van der Waals surface area contributed by atoms with E-state index in [2.05, 4.69) is 12.1 Å². The second kappa shape index (κ2) is 6.55. The highest BCUT2D eigenvalue weighted by Gasteiger charge is 2.16. The normalized spacial score (nSPS) is 13.8. The molecule has 0 aliphatic carbocycles. The van der Waals surface area contributed by atoms with Crippen LogP contribution in [0.5, 0.6) is 5.75 Å². The maximum atomic E-state index is 9.07. The number of nitrogens with two attached hydrogens (primary N) is 1. The average molecular weight is 271 g/mol. The summed E-state index contributed by atoms with van der Waals surface area (Å²) in [7, 11) is 0. The van der Waals surface area contributed by atoms with E-state index in [1.165, 1.54) is 5.56 Å². The molecule has 0 aliphatic rings. The van der Waals surface area contributed by atoms with Crippen LogP contribution in [0.25, 0.3) is 11.1 Å². The zero-order valence-electron chi connectivity index (χ0n) is 11.8. The Hall–Kier alpha value is -1.84. The van der Waals surface area contributed by atoms with E-state index in [-0.39, 0.29) is 6.61 Å². The molecule has 0 fully saturated rings. The molecule has 0 saturated carbocycles. The minimum absolute atomic E-state index is 0.0384. The van der Waals surface area contributed by atoms with E-state index in [1.807, 2.05) is 49.4 Å². The van der Waals surface area contributed by atoms with Crippen LogP contribution in [-0.2, 0) is 0 Å². The van der Waals surface area contributed by atoms with Crippen LogP contribution in [0.15, 0.2) is 54.6 Å². The highest BCUT2D eigenvalue weighted by molar-refractivity contribution is 5.63. The van der Waals surface area contributed by atoms with Gasteiger partial charge in [-0.1, -0.05) is 42.5 Å². The summed E-state index contributed by atoms with van der Waals surface area (Å²) in [5, 5.41) is 9.07. The number of hydrogen-bond donors (Lipinski definition) is 2. The predicted octanol–water partition coefficient (Wildman–Crippen LogP) is 2.83. The predicted molar refractivity (Wildman–Crippen MR) is 81.7 cm³/mol. The van der Waals surface area contributed by atoms with Gasteiger partial charge in [-0.3, -0.25) is 0 Å². The minimum atomic E-state index is -0.579. The molecule has 0 bridgehead atoms. The van der Waals surface area contributed by atoms with Crippen LogP contribution in [-0.4, -0.2) is 23.9 Å². The third-order valence-corrected chi connectivity index (χ3v) is 3.26. The summed E-state index contributed by atoms with van der Waals surface area (Å²) in [5.41, 5.74) is 7.62. The van der Waals surface area contributed by atoms with Gasteiger partial charge in [-0.2, -0.15) is 0 Å². The topological polar surface area (TPSA) is 55.5 Å². The van der Waals surface area contributed by atoms with Crippen molar-refractivity contribution < 1.29 is 9.84 Å². The molecule has 0 amide bonds. The third kappa shape index (κ3) is 4.08. The number of aliphatic hydroxyl groups excluding tert-OH is 1. The second-order valence-electron chi connectivity index (χ2n) is 5.30. The standard InChI is InChI=1S/C17H21NO2/c1-17(18,13-19)11-12-20-16-9-7-15(8-10-16)14-5-3-2-4-6-14/h2-10,19H,11-13,18H2,1H3. The smallest absolute Gasteiger partial charge is 0.119 e. The van der Waals surface area contributed by atoms with Crippen LogP contribution in [0, 0.1) is 0 Å². The Labute approximate surface area is 120 Å². The Balaban J connectivity index is 1.92. The molecule has 3 N–H and O–H groups in total. The van der Waals surface area contributed by atoms with Gasteiger partial charge in [0.25, 0.3) is 0 Å². The van der Waals surface area contributed by atoms with Gasteiger partial charge in [-0.05, 0) is 30.2 Å². The number of hydrogen-bond acceptors (Lipinski definition) is 3. The van der Waals surface area contributed by atoms with Gasteiger partial charge in [-0.25, -0.2) is 0 Å². The lowest BCUT2D eigenvalue weighted by atomic mass is 10.0. The lowest BCUT2D eigenvalue weighted by molar-refractivity contribution is 0.175. The van der Waals surface area contributed by atoms with Crippen LogP contribution < -0.4 is 10.5 Å². The number of aliphatic hydroxyl groups is 1. The summed E-state index contributed by atoms with van der Waals surface area (Å²) in [6, 6.07) is 18.2. The summed E-state index contributed by atoms with van der Waals surface area (Å²) in [4.78, 5) is 0. The van der Waals surface area contributed by atoms with Crippen LogP contribution in [0.4, 0.5) is 0 Å². The van der Waals surface area contributed by atoms with Crippen molar-refractivity contribution in [3.63, 3.8) is 0 Å². The molecule has 0 saturated heterocycles. The van der Waals surface area contributed by atoms with Crippen LogP contribution in [0.1, 0.15) is 13.3 Å². The highest BCUT2D eigenvalue weighted by Crippen LogP contribution is 2.22. The molecule has 3 heteroatoms. The van der Waals surface area contributed by atoms with E-state index in [0.29, 0.717) is 13.0 Å². The van der Waals surface area contributed by atoms with E-state index in [0.717, 1.165) is 11.3 Å². The van der Waals surface area contributed by atoms with Crippen molar-refractivity contribution >= 4 is 0 Å². The summed E-state index contributed by atoms with van der Waals surface area (Å²) in [5.74, 6) is 0.818. The van der Waals surface area contributed by atoms with Crippen molar-refractivity contribution in [3.8, 4) is 16.9 Å². The summed E-state index contributed by atoms with van der Waals surface area (Å²) < 4.78 is 5.64. The first-order valence-electron chi connectivity index (χ1n) is 6.79. The lowest BCUT2D eigenvalue weighted by Gasteiger charge is -2.21. The van der Waals surface area contributed by atoms with E-state index in [4.69, 9.17) is 15.6 Å². The van der Waals surface area contributed by atoms with E-state index in [9.17, 15) is 0 Å². The van der Waals surface area contributed by atoms with E-state index in [1.54, 1.807) is 0 Å². The zero-order chi connectivity index (χ0) is 14.4. The van der Waals surface area contributed by atoms with Gasteiger partial charge < -0.3 is 15.6 Å². The molecule has 1 atom stereocenters. The molecule has 1 unspecified atom stereocenters. The Morgan fingerprint density at radius 2 is 1.60 bits per heavy atom. The molecule has 2 rings (SSSR count). The molecule has 2 aromatic carbocycles. The summed E-state index contributed by atoms with van der Waals surface area (Å²) >= 11 is 0. The van der Waals surface area contributed by atoms with Crippen molar-refractivity contribution in [2.45, 2.75) is 18.9 Å². The van der Waals surface area contributed by atoms with Gasteiger partial charge in [0, 0.05) is 12.0 Å². The average Bonchev–Trinajstić information content (AvgIpc) is 2.49. The number of rotatable bonds is 6. The first-order valence-corrected chi connectivity index (χ1v) is 6.79. The fourth-order valence-electron chi connectivity index (χ4n) is 1.86. The van der Waals surface area contributed by atoms with Gasteiger partial charge in [0.1, 0.15) is 5.75 Å². The molecular weight excluding hydrogens is 250 g/mol. The molecule has 0 heterocycles. The molecule has 20 heavy (non-hydrogen) atoms. The molecule has 0 spiro atoms. The molecule has 0 aliphatic heterocycles. The van der Waals surface area contributed by atoms with Gasteiger partial charge in [-0.15, -0.1) is 0 Å². The van der Waals surface area contributed by atoms with Gasteiger partial charge in [0.05, 0.1) is 13.2 Å². The maximum absolute atomic E-state index is 9.07. The molecule has 0 aromatic heterocycles. The first-order chi connectivity index (χ1) is 9.61. The number of ether oxygens (including phenoxy) is 1. The van der Waals surface area contributed by atoms with Gasteiger partial charge in [0.2, 0.25) is 0 Å². The monoisotopic (exact) mass is 271 g/mol. The quantitative estimate of drug-likeness (QED) is 0.849. The van der Waals surface area contributed by atoms with Gasteiger partial charge in [0.15, 0.2) is 0 Å². The molecular formula is C17H21NO2. The Bertz CT molecular complexity index is 520. The Kier molecular flexibility index (Phi) is 4.77. The first kappa shape index (κ1) is 14.6. The molecule has 106 valence electrons. The summed E-state index contributed by atoms with van der Waals surface area (Å²) in [6.45, 7) is 2.27.